The molecule has 0 bridgehead atoms. The molecule has 0 atom stereocenters. The van der Waals surface area contributed by atoms with Gasteiger partial charge in [-0.3, -0.25) is 4.98 Å². The van der Waals surface area contributed by atoms with Crippen molar-refractivity contribution in [2.75, 3.05) is 11.9 Å². The molecule has 0 amide bonds. The Bertz CT molecular complexity index is 564. The summed E-state index contributed by atoms with van der Waals surface area (Å²) in [5.41, 5.74) is 4.69. The van der Waals surface area contributed by atoms with Gasteiger partial charge in [0.05, 0.1) is 5.52 Å². The Morgan fingerprint density at radius 2 is 2.06 bits per heavy atom. The van der Waals surface area contributed by atoms with E-state index in [0.29, 0.717) is 0 Å². The first-order valence-electron chi connectivity index (χ1n) is 6.50. The van der Waals surface area contributed by atoms with E-state index in [1.54, 1.807) is 0 Å². The standard InChI is InChI=1S/C15H19BrN2/c1-4-6-11-9-13(17-5-2)14-10(3)7-8-12(16)15(14)18-11/h7-9H,4-6H2,1-3H3,(H,17,18). The van der Waals surface area contributed by atoms with E-state index >= 15 is 0 Å². The number of aryl methyl sites for hydroxylation is 2. The van der Waals surface area contributed by atoms with Gasteiger partial charge in [-0.1, -0.05) is 19.4 Å². The highest BCUT2D eigenvalue weighted by Gasteiger charge is 2.10. The Hall–Kier alpha value is -1.09. The van der Waals surface area contributed by atoms with E-state index < -0.39 is 0 Å². The van der Waals surface area contributed by atoms with E-state index in [9.17, 15) is 0 Å². The molecule has 0 unspecified atom stereocenters. The number of nitrogens with one attached hydrogen (secondary N) is 1. The Morgan fingerprint density at radius 3 is 2.72 bits per heavy atom. The van der Waals surface area contributed by atoms with Gasteiger partial charge in [-0.05, 0) is 53.9 Å². The van der Waals surface area contributed by atoms with Gasteiger partial charge in [-0.2, -0.15) is 0 Å². The summed E-state index contributed by atoms with van der Waals surface area (Å²) in [6.45, 7) is 7.37. The summed E-state index contributed by atoms with van der Waals surface area (Å²) in [6.07, 6.45) is 2.14. The van der Waals surface area contributed by atoms with Crippen molar-refractivity contribution in [2.24, 2.45) is 0 Å². The molecule has 1 aromatic carbocycles. The normalized spacial score (nSPS) is 10.9. The third-order valence-electron chi connectivity index (χ3n) is 3.05. The van der Waals surface area contributed by atoms with Crippen LogP contribution in [0, 0.1) is 6.92 Å². The van der Waals surface area contributed by atoms with Crippen LogP contribution in [-0.4, -0.2) is 11.5 Å². The van der Waals surface area contributed by atoms with Crippen molar-refractivity contribution in [3.8, 4) is 0 Å². The Morgan fingerprint density at radius 1 is 1.28 bits per heavy atom. The predicted molar refractivity (Wildman–Crippen MR) is 82.3 cm³/mol. The molecule has 0 spiro atoms. The van der Waals surface area contributed by atoms with Crippen molar-refractivity contribution in [2.45, 2.75) is 33.6 Å². The summed E-state index contributed by atoms with van der Waals surface area (Å²) in [4.78, 5) is 4.78. The molecule has 0 aliphatic carbocycles. The fourth-order valence-electron chi connectivity index (χ4n) is 2.24. The maximum absolute atomic E-state index is 4.78. The Balaban J connectivity index is 2.72. The molecule has 2 rings (SSSR count). The van der Waals surface area contributed by atoms with Crippen LogP contribution in [0.2, 0.25) is 0 Å². The molecule has 2 nitrogen and oxygen atoms in total. The largest absolute Gasteiger partial charge is 0.385 e. The fraction of sp³-hybridized carbons (Fsp3) is 0.400. The second kappa shape index (κ2) is 5.70. The molecule has 2 aromatic rings. The van der Waals surface area contributed by atoms with E-state index in [2.05, 4.69) is 60.2 Å². The fourth-order valence-corrected chi connectivity index (χ4v) is 2.66. The minimum Gasteiger partial charge on any atom is -0.385 e. The lowest BCUT2D eigenvalue weighted by atomic mass is 10.1. The molecule has 1 N–H and O–H groups in total. The first-order chi connectivity index (χ1) is 8.67. The summed E-state index contributed by atoms with van der Waals surface area (Å²) in [7, 11) is 0. The smallest absolute Gasteiger partial charge is 0.0870 e. The van der Waals surface area contributed by atoms with Crippen molar-refractivity contribution < 1.29 is 0 Å². The number of benzene rings is 1. The van der Waals surface area contributed by atoms with Crippen molar-refractivity contribution in [3.05, 3.63) is 33.9 Å². The summed E-state index contributed by atoms with van der Waals surface area (Å²) in [5, 5.41) is 4.68. The summed E-state index contributed by atoms with van der Waals surface area (Å²) in [5.74, 6) is 0. The molecular weight excluding hydrogens is 288 g/mol. The monoisotopic (exact) mass is 306 g/mol. The first-order valence-corrected chi connectivity index (χ1v) is 7.29. The average Bonchev–Trinajstić information content (AvgIpc) is 2.34. The molecular formula is C15H19BrN2. The van der Waals surface area contributed by atoms with Crippen LogP contribution < -0.4 is 5.32 Å². The number of hydrogen-bond donors (Lipinski definition) is 1. The summed E-state index contributed by atoms with van der Waals surface area (Å²) < 4.78 is 1.07. The lowest BCUT2D eigenvalue weighted by Gasteiger charge is -2.13. The zero-order chi connectivity index (χ0) is 13.1. The topological polar surface area (TPSA) is 24.9 Å². The molecule has 0 radical (unpaired) electrons. The summed E-state index contributed by atoms with van der Waals surface area (Å²) >= 11 is 3.61. The maximum Gasteiger partial charge on any atom is 0.0870 e. The molecule has 1 aromatic heterocycles. The number of hydrogen-bond acceptors (Lipinski definition) is 2. The molecule has 0 aliphatic rings. The van der Waals surface area contributed by atoms with Gasteiger partial charge in [0.15, 0.2) is 0 Å². The Labute approximate surface area is 117 Å². The van der Waals surface area contributed by atoms with Gasteiger partial charge in [-0.25, -0.2) is 0 Å². The van der Waals surface area contributed by atoms with Crippen molar-refractivity contribution in [1.82, 2.24) is 4.98 Å². The van der Waals surface area contributed by atoms with E-state index in [1.807, 2.05) is 0 Å². The number of anilines is 1. The van der Waals surface area contributed by atoms with Gasteiger partial charge in [0.1, 0.15) is 0 Å². The highest BCUT2D eigenvalue weighted by atomic mass is 79.9. The zero-order valence-electron chi connectivity index (χ0n) is 11.2. The van der Waals surface area contributed by atoms with Crippen LogP contribution in [0.15, 0.2) is 22.7 Å². The van der Waals surface area contributed by atoms with Crippen molar-refractivity contribution in [1.29, 1.82) is 0 Å². The molecule has 0 fully saturated rings. The lowest BCUT2D eigenvalue weighted by molar-refractivity contribution is 0.889. The van der Waals surface area contributed by atoms with Crippen LogP contribution in [0.1, 0.15) is 31.5 Å². The van der Waals surface area contributed by atoms with Crippen LogP contribution in [0.25, 0.3) is 10.9 Å². The van der Waals surface area contributed by atoms with E-state index in [0.717, 1.165) is 35.1 Å². The number of aromatic nitrogens is 1. The molecule has 0 saturated heterocycles. The number of fused-ring (bicyclic) bond motifs is 1. The van der Waals surface area contributed by atoms with Crippen LogP contribution in [0.5, 0.6) is 0 Å². The third kappa shape index (κ3) is 2.51. The molecule has 96 valence electrons. The van der Waals surface area contributed by atoms with Gasteiger partial charge >= 0.3 is 0 Å². The van der Waals surface area contributed by atoms with E-state index in [-0.39, 0.29) is 0 Å². The predicted octanol–water partition coefficient (Wildman–Crippen LogP) is 4.69. The molecule has 0 saturated carbocycles. The number of nitrogens with zero attached hydrogens (tertiary/aromatic N) is 1. The minimum absolute atomic E-state index is 0.927. The first kappa shape index (κ1) is 13.3. The second-order valence-corrected chi connectivity index (χ2v) is 5.38. The summed E-state index contributed by atoms with van der Waals surface area (Å²) in [6, 6.07) is 6.40. The third-order valence-corrected chi connectivity index (χ3v) is 3.69. The number of halogens is 1. The van der Waals surface area contributed by atoms with Crippen LogP contribution >= 0.6 is 15.9 Å². The van der Waals surface area contributed by atoms with E-state index in [4.69, 9.17) is 4.98 Å². The van der Waals surface area contributed by atoms with Crippen molar-refractivity contribution >= 4 is 32.5 Å². The van der Waals surface area contributed by atoms with E-state index in [1.165, 1.54) is 16.6 Å². The van der Waals surface area contributed by atoms with Gasteiger partial charge in [0.25, 0.3) is 0 Å². The Kier molecular flexibility index (Phi) is 4.23. The molecule has 3 heteroatoms. The van der Waals surface area contributed by atoms with Crippen LogP contribution in [-0.2, 0) is 6.42 Å². The maximum atomic E-state index is 4.78. The van der Waals surface area contributed by atoms with Crippen LogP contribution in [0.4, 0.5) is 5.69 Å². The van der Waals surface area contributed by atoms with Crippen molar-refractivity contribution in [3.63, 3.8) is 0 Å². The quantitative estimate of drug-likeness (QED) is 0.886. The highest BCUT2D eigenvalue weighted by molar-refractivity contribution is 9.10. The minimum atomic E-state index is 0.927. The van der Waals surface area contributed by atoms with Gasteiger partial charge in [0, 0.05) is 27.8 Å². The molecule has 18 heavy (non-hydrogen) atoms. The number of pyridine rings is 1. The van der Waals surface area contributed by atoms with Crippen LogP contribution in [0.3, 0.4) is 0 Å². The van der Waals surface area contributed by atoms with Gasteiger partial charge in [-0.15, -0.1) is 0 Å². The lowest BCUT2D eigenvalue weighted by Crippen LogP contribution is -2.02. The van der Waals surface area contributed by atoms with Gasteiger partial charge < -0.3 is 5.32 Å². The zero-order valence-corrected chi connectivity index (χ0v) is 12.8. The number of rotatable bonds is 4. The highest BCUT2D eigenvalue weighted by Crippen LogP contribution is 2.31. The molecule has 0 aliphatic heterocycles. The molecule has 1 heterocycles. The SMILES string of the molecule is CCCc1cc(NCC)c2c(C)ccc(Br)c2n1. The average molecular weight is 307 g/mol. The van der Waals surface area contributed by atoms with Gasteiger partial charge in [0.2, 0.25) is 0 Å². The second-order valence-electron chi connectivity index (χ2n) is 4.53.